The Labute approximate surface area is 214 Å². The summed E-state index contributed by atoms with van der Waals surface area (Å²) in [5.41, 5.74) is 1.90. The first-order valence-corrected chi connectivity index (χ1v) is 11.8. The number of hydrogen-bond acceptors (Lipinski definition) is 7. The first-order valence-electron chi connectivity index (χ1n) is 11.8. The van der Waals surface area contributed by atoms with Crippen molar-refractivity contribution in [3.05, 3.63) is 90.6 Å². The molecule has 0 saturated carbocycles. The lowest BCUT2D eigenvalue weighted by Gasteiger charge is -2.41. The number of aromatic nitrogens is 5. The molecule has 5 aromatic rings. The fraction of sp³-hybridized carbons (Fsp3) is 0.192. The van der Waals surface area contributed by atoms with Crippen molar-refractivity contribution in [1.82, 2.24) is 24.6 Å². The van der Waals surface area contributed by atoms with Gasteiger partial charge in [-0.3, -0.25) is 4.79 Å². The summed E-state index contributed by atoms with van der Waals surface area (Å²) in [5, 5.41) is 7.03. The van der Waals surface area contributed by atoms with Crippen LogP contribution in [0.5, 0.6) is 0 Å². The van der Waals surface area contributed by atoms with Gasteiger partial charge in [-0.25, -0.2) is 14.4 Å². The Balaban J connectivity index is 1.25. The number of fused-ring (bicyclic) bond motifs is 1. The molecule has 12 heteroatoms. The highest BCUT2D eigenvalue weighted by Crippen LogP contribution is 2.28. The van der Waals surface area contributed by atoms with Crippen LogP contribution in [0.15, 0.2) is 77.6 Å². The minimum absolute atomic E-state index is 0.0497. The molecule has 4 aromatic heterocycles. The van der Waals surface area contributed by atoms with Crippen LogP contribution in [0.2, 0.25) is 0 Å². The molecule has 192 valence electrons. The normalized spacial score (nSPS) is 13.7. The van der Waals surface area contributed by atoms with Gasteiger partial charge in [0.2, 0.25) is 11.8 Å². The average Bonchev–Trinajstić information content (AvgIpc) is 3.54. The third kappa shape index (κ3) is 4.56. The average molecular weight is 519 g/mol. The summed E-state index contributed by atoms with van der Waals surface area (Å²) in [7, 11) is 0. The molecule has 0 spiro atoms. The Kier molecular flexibility index (Phi) is 5.98. The van der Waals surface area contributed by atoms with Gasteiger partial charge < -0.3 is 18.6 Å². The lowest BCUT2D eigenvalue weighted by Crippen LogP contribution is -2.55. The molecule has 9 nitrogen and oxygen atoms in total. The second-order valence-electron chi connectivity index (χ2n) is 8.85. The van der Waals surface area contributed by atoms with E-state index in [4.69, 9.17) is 4.42 Å². The zero-order valence-electron chi connectivity index (χ0n) is 19.8. The van der Waals surface area contributed by atoms with Gasteiger partial charge in [0.05, 0.1) is 18.2 Å². The monoisotopic (exact) mass is 519 g/mol. The highest BCUT2D eigenvalue weighted by molar-refractivity contribution is 5.96. The predicted molar refractivity (Wildman–Crippen MR) is 131 cm³/mol. The SMILES string of the molecule is O=C(C1CN(c2ccccn2)C1)N(Cc1cn2ccc(-c3nnc(C(F)F)o3)cc2n1)c1cccc(F)c1. The number of benzene rings is 1. The van der Waals surface area contributed by atoms with Crippen LogP contribution in [0.1, 0.15) is 18.0 Å². The Morgan fingerprint density at radius 2 is 1.97 bits per heavy atom. The van der Waals surface area contributed by atoms with Crippen LogP contribution in [-0.4, -0.2) is 43.6 Å². The first-order chi connectivity index (χ1) is 18.4. The van der Waals surface area contributed by atoms with E-state index >= 15 is 0 Å². The van der Waals surface area contributed by atoms with Gasteiger partial charge in [-0.1, -0.05) is 12.1 Å². The Morgan fingerprint density at radius 3 is 2.71 bits per heavy atom. The van der Waals surface area contributed by atoms with E-state index in [1.807, 2.05) is 23.1 Å². The largest absolute Gasteiger partial charge is 0.415 e. The third-order valence-corrected chi connectivity index (χ3v) is 6.29. The minimum Gasteiger partial charge on any atom is -0.415 e. The molecule has 6 rings (SSSR count). The summed E-state index contributed by atoms with van der Waals surface area (Å²) in [5.74, 6) is -0.896. The summed E-state index contributed by atoms with van der Waals surface area (Å²) < 4.78 is 46.5. The van der Waals surface area contributed by atoms with Gasteiger partial charge in [0.15, 0.2) is 0 Å². The molecule has 0 aliphatic carbocycles. The van der Waals surface area contributed by atoms with Gasteiger partial charge in [0, 0.05) is 42.9 Å². The zero-order valence-corrected chi connectivity index (χ0v) is 19.8. The molecule has 0 atom stereocenters. The molecule has 0 bridgehead atoms. The molecular formula is C26H20F3N7O2. The molecule has 1 saturated heterocycles. The van der Waals surface area contributed by atoms with Crippen LogP contribution in [0, 0.1) is 11.7 Å². The van der Waals surface area contributed by atoms with Gasteiger partial charge >= 0.3 is 6.43 Å². The van der Waals surface area contributed by atoms with Crippen molar-refractivity contribution in [2.75, 3.05) is 22.9 Å². The van der Waals surface area contributed by atoms with Crippen molar-refractivity contribution in [1.29, 1.82) is 0 Å². The number of alkyl halides is 2. The lowest BCUT2D eigenvalue weighted by molar-refractivity contribution is -0.123. The Bertz CT molecular complexity index is 1600. The van der Waals surface area contributed by atoms with E-state index in [0.29, 0.717) is 35.7 Å². The van der Waals surface area contributed by atoms with Gasteiger partial charge in [-0.15, -0.1) is 10.2 Å². The van der Waals surface area contributed by atoms with E-state index in [-0.39, 0.29) is 24.3 Å². The van der Waals surface area contributed by atoms with Crippen molar-refractivity contribution < 1.29 is 22.4 Å². The molecule has 1 fully saturated rings. The van der Waals surface area contributed by atoms with E-state index in [2.05, 4.69) is 20.2 Å². The number of hydrogen-bond donors (Lipinski definition) is 0. The number of carbonyl (C=O) groups is 1. The van der Waals surface area contributed by atoms with Crippen molar-refractivity contribution >= 4 is 23.1 Å². The number of anilines is 2. The van der Waals surface area contributed by atoms with Crippen LogP contribution >= 0.6 is 0 Å². The molecular weight excluding hydrogens is 499 g/mol. The molecule has 38 heavy (non-hydrogen) atoms. The fourth-order valence-corrected chi connectivity index (χ4v) is 4.37. The van der Waals surface area contributed by atoms with E-state index < -0.39 is 18.1 Å². The summed E-state index contributed by atoms with van der Waals surface area (Å²) in [4.78, 5) is 26.0. The van der Waals surface area contributed by atoms with Crippen molar-refractivity contribution in [2.45, 2.75) is 13.0 Å². The van der Waals surface area contributed by atoms with Gasteiger partial charge in [0.25, 0.3) is 5.89 Å². The number of imidazole rings is 1. The maximum absolute atomic E-state index is 14.1. The number of amides is 1. The fourth-order valence-electron chi connectivity index (χ4n) is 4.37. The molecule has 1 aliphatic heterocycles. The summed E-state index contributed by atoms with van der Waals surface area (Å²) in [6, 6.07) is 14.7. The highest BCUT2D eigenvalue weighted by Gasteiger charge is 2.37. The van der Waals surface area contributed by atoms with Crippen LogP contribution in [0.25, 0.3) is 17.1 Å². The quantitative estimate of drug-likeness (QED) is 0.312. The molecule has 1 aromatic carbocycles. The second-order valence-corrected chi connectivity index (χ2v) is 8.85. The Hall–Kier alpha value is -4.74. The topological polar surface area (TPSA) is 92.7 Å². The van der Waals surface area contributed by atoms with Crippen molar-refractivity contribution in [3.8, 4) is 11.5 Å². The summed E-state index contributed by atoms with van der Waals surface area (Å²) in [6.45, 7) is 1.11. The van der Waals surface area contributed by atoms with Crippen molar-refractivity contribution in [3.63, 3.8) is 0 Å². The molecule has 0 N–H and O–H groups in total. The van der Waals surface area contributed by atoms with E-state index in [1.54, 1.807) is 47.3 Å². The van der Waals surface area contributed by atoms with Crippen LogP contribution < -0.4 is 9.80 Å². The maximum Gasteiger partial charge on any atom is 0.314 e. The first kappa shape index (κ1) is 23.6. The van der Waals surface area contributed by atoms with Crippen LogP contribution in [0.3, 0.4) is 0 Å². The van der Waals surface area contributed by atoms with Crippen LogP contribution in [0.4, 0.5) is 24.7 Å². The van der Waals surface area contributed by atoms with E-state index in [0.717, 1.165) is 5.82 Å². The number of carbonyl (C=O) groups excluding carboxylic acids is 1. The third-order valence-electron chi connectivity index (χ3n) is 6.29. The van der Waals surface area contributed by atoms with Gasteiger partial charge in [0.1, 0.15) is 17.3 Å². The number of pyridine rings is 2. The number of halogens is 3. The van der Waals surface area contributed by atoms with Gasteiger partial charge in [-0.2, -0.15) is 8.78 Å². The predicted octanol–water partition coefficient (Wildman–Crippen LogP) is 4.53. The smallest absolute Gasteiger partial charge is 0.314 e. The minimum atomic E-state index is -2.86. The number of rotatable bonds is 7. The number of nitrogens with zero attached hydrogens (tertiary/aromatic N) is 7. The molecule has 1 amide bonds. The summed E-state index contributed by atoms with van der Waals surface area (Å²) >= 11 is 0. The zero-order chi connectivity index (χ0) is 26.2. The van der Waals surface area contributed by atoms with Crippen molar-refractivity contribution in [2.24, 2.45) is 5.92 Å². The summed E-state index contributed by atoms with van der Waals surface area (Å²) in [6.07, 6.45) is 2.27. The second kappa shape index (κ2) is 9.61. The van der Waals surface area contributed by atoms with E-state index in [1.165, 1.54) is 17.0 Å². The maximum atomic E-state index is 14.1. The molecule has 5 heterocycles. The highest BCUT2D eigenvalue weighted by atomic mass is 19.3. The lowest BCUT2D eigenvalue weighted by atomic mass is 9.97. The molecule has 0 unspecified atom stereocenters. The van der Waals surface area contributed by atoms with Crippen LogP contribution in [-0.2, 0) is 11.3 Å². The van der Waals surface area contributed by atoms with Gasteiger partial charge in [-0.05, 0) is 42.5 Å². The van der Waals surface area contributed by atoms with E-state index in [9.17, 15) is 18.0 Å². The molecule has 1 aliphatic rings. The Morgan fingerprint density at radius 1 is 1.11 bits per heavy atom. The standard InChI is InChI=1S/C26H20F3N7O2/c27-18-4-3-5-20(11-18)36(26(37)17-12-35(13-17)21-6-1-2-8-30-21)15-19-14-34-9-7-16(10-22(34)31-19)24-32-33-25(38-24)23(28)29/h1-11,14,17,23H,12-13,15H2. The molecule has 0 radical (unpaired) electrons.